The molecule has 0 spiro atoms. The monoisotopic (exact) mass is 372 g/mol. The molecule has 0 bridgehead atoms. The molecule has 27 heavy (non-hydrogen) atoms. The number of aromatic nitrogens is 1. The van der Waals surface area contributed by atoms with E-state index in [0.29, 0.717) is 11.1 Å². The second-order valence-corrected chi connectivity index (χ2v) is 5.84. The zero-order valence-electron chi connectivity index (χ0n) is 14.5. The average Bonchev–Trinajstić information content (AvgIpc) is 2.97. The van der Waals surface area contributed by atoms with Crippen LogP contribution in [0.4, 0.5) is 10.1 Å². The molecule has 3 rings (SSSR count). The Hall–Kier alpha value is -3.42. The van der Waals surface area contributed by atoms with E-state index in [1.807, 2.05) is 0 Å². The Morgan fingerprint density at radius 2 is 1.89 bits per heavy atom. The highest BCUT2D eigenvalue weighted by molar-refractivity contribution is 5.95. The number of benzene rings is 2. The van der Waals surface area contributed by atoms with E-state index in [2.05, 4.69) is 5.32 Å². The number of para-hydroxylation sites is 3. The van der Waals surface area contributed by atoms with Crippen molar-refractivity contribution < 1.29 is 23.1 Å². The fraction of sp³-hybridized carbons (Fsp3) is 0.211. The first-order valence-corrected chi connectivity index (χ1v) is 8.29. The number of carbonyl (C=O) groups excluding carboxylic acids is 2. The predicted octanol–water partition coefficient (Wildman–Crippen LogP) is 2.69. The van der Waals surface area contributed by atoms with Crippen molar-refractivity contribution in [2.45, 2.75) is 26.0 Å². The molecular formula is C19H17FN2O5. The summed E-state index contributed by atoms with van der Waals surface area (Å²) in [5.74, 6) is -2.48. The van der Waals surface area contributed by atoms with Gasteiger partial charge in [-0.1, -0.05) is 24.3 Å². The molecule has 0 fully saturated rings. The average molecular weight is 372 g/mol. The predicted molar refractivity (Wildman–Crippen MR) is 95.7 cm³/mol. The highest BCUT2D eigenvalue weighted by atomic mass is 19.1. The molecule has 1 N–H and O–H groups in total. The van der Waals surface area contributed by atoms with Crippen LogP contribution in [0.15, 0.2) is 57.7 Å². The Kier molecular flexibility index (Phi) is 5.35. The smallest absolute Gasteiger partial charge is 0.419 e. The van der Waals surface area contributed by atoms with Crippen molar-refractivity contribution in [1.29, 1.82) is 0 Å². The quantitative estimate of drug-likeness (QED) is 0.672. The van der Waals surface area contributed by atoms with Gasteiger partial charge in [-0.3, -0.25) is 14.2 Å². The van der Waals surface area contributed by atoms with Gasteiger partial charge in [-0.05, 0) is 31.2 Å². The molecule has 0 radical (unpaired) electrons. The van der Waals surface area contributed by atoms with Gasteiger partial charge in [-0.25, -0.2) is 9.18 Å². The van der Waals surface area contributed by atoms with Crippen LogP contribution < -0.4 is 11.1 Å². The van der Waals surface area contributed by atoms with E-state index < -0.39 is 29.6 Å². The number of esters is 1. The van der Waals surface area contributed by atoms with Gasteiger partial charge in [0.2, 0.25) is 0 Å². The summed E-state index contributed by atoms with van der Waals surface area (Å²) in [5.41, 5.74) is 0.996. The lowest BCUT2D eigenvalue weighted by Crippen LogP contribution is -2.30. The van der Waals surface area contributed by atoms with Crippen molar-refractivity contribution in [3.05, 3.63) is 64.9 Å². The third-order valence-corrected chi connectivity index (χ3v) is 3.92. The fourth-order valence-corrected chi connectivity index (χ4v) is 2.54. The van der Waals surface area contributed by atoms with E-state index in [-0.39, 0.29) is 18.7 Å². The molecule has 8 heteroatoms. The second kappa shape index (κ2) is 7.86. The Balaban J connectivity index is 1.57. The summed E-state index contributed by atoms with van der Waals surface area (Å²) in [6.45, 7) is 1.43. The molecule has 1 atom stereocenters. The molecule has 1 amide bonds. The molecule has 0 aliphatic carbocycles. The van der Waals surface area contributed by atoms with E-state index in [0.717, 1.165) is 0 Å². The number of hydrogen-bond acceptors (Lipinski definition) is 5. The lowest BCUT2D eigenvalue weighted by atomic mass is 10.3. The van der Waals surface area contributed by atoms with Crippen molar-refractivity contribution in [2.24, 2.45) is 0 Å². The lowest BCUT2D eigenvalue weighted by molar-refractivity contribution is -0.153. The Morgan fingerprint density at radius 3 is 2.67 bits per heavy atom. The van der Waals surface area contributed by atoms with Crippen LogP contribution in [-0.2, 0) is 20.9 Å². The molecule has 140 valence electrons. The van der Waals surface area contributed by atoms with Crippen LogP contribution in [-0.4, -0.2) is 22.5 Å². The number of anilines is 1. The Morgan fingerprint density at radius 1 is 1.19 bits per heavy atom. The minimum Gasteiger partial charge on any atom is -0.452 e. The van der Waals surface area contributed by atoms with Gasteiger partial charge in [0.05, 0.1) is 17.6 Å². The van der Waals surface area contributed by atoms with Crippen molar-refractivity contribution in [2.75, 3.05) is 5.32 Å². The first-order chi connectivity index (χ1) is 13.0. The standard InChI is InChI=1S/C19H17FN2O5/c1-12(18(24)21-14-7-3-2-6-13(14)20)26-17(23)10-11-22-15-8-4-5-9-16(15)27-19(22)25/h2-9,12H,10-11H2,1H3,(H,21,24)/t12-/m1/s1. The Labute approximate surface area is 153 Å². The fourth-order valence-electron chi connectivity index (χ4n) is 2.54. The molecule has 3 aromatic rings. The first-order valence-electron chi connectivity index (χ1n) is 8.29. The number of halogens is 1. The third-order valence-electron chi connectivity index (χ3n) is 3.92. The van der Waals surface area contributed by atoms with Crippen LogP contribution in [0.3, 0.4) is 0 Å². The summed E-state index contributed by atoms with van der Waals surface area (Å²) in [6, 6.07) is 12.5. The van der Waals surface area contributed by atoms with Crippen LogP contribution in [0.1, 0.15) is 13.3 Å². The maximum atomic E-state index is 13.6. The molecule has 0 saturated carbocycles. The highest BCUT2D eigenvalue weighted by Gasteiger charge is 2.19. The van der Waals surface area contributed by atoms with Crippen LogP contribution in [0.2, 0.25) is 0 Å². The maximum absolute atomic E-state index is 13.6. The summed E-state index contributed by atoms with van der Waals surface area (Å²) >= 11 is 0. The number of aryl methyl sites for hydroxylation is 1. The van der Waals surface area contributed by atoms with Crippen LogP contribution in [0, 0.1) is 5.82 Å². The van der Waals surface area contributed by atoms with Crippen molar-refractivity contribution in [3.63, 3.8) is 0 Å². The van der Waals surface area contributed by atoms with Gasteiger partial charge < -0.3 is 14.5 Å². The number of nitrogens with zero attached hydrogens (tertiary/aromatic N) is 1. The van der Waals surface area contributed by atoms with E-state index >= 15 is 0 Å². The van der Waals surface area contributed by atoms with Crippen LogP contribution in [0.25, 0.3) is 11.1 Å². The molecule has 2 aromatic carbocycles. The maximum Gasteiger partial charge on any atom is 0.419 e. The number of hydrogen-bond donors (Lipinski definition) is 1. The van der Waals surface area contributed by atoms with Gasteiger partial charge in [0.25, 0.3) is 5.91 Å². The highest BCUT2D eigenvalue weighted by Crippen LogP contribution is 2.14. The topological polar surface area (TPSA) is 90.5 Å². The molecular weight excluding hydrogens is 355 g/mol. The number of carbonyl (C=O) groups is 2. The molecule has 0 aliphatic rings. The number of oxazole rings is 1. The number of fused-ring (bicyclic) bond motifs is 1. The van der Waals surface area contributed by atoms with Gasteiger partial charge in [0, 0.05) is 6.54 Å². The minimum atomic E-state index is -1.12. The van der Waals surface area contributed by atoms with E-state index in [1.165, 1.54) is 29.7 Å². The van der Waals surface area contributed by atoms with Crippen LogP contribution in [0.5, 0.6) is 0 Å². The molecule has 0 aliphatic heterocycles. The van der Waals surface area contributed by atoms with Gasteiger partial charge in [-0.15, -0.1) is 0 Å². The van der Waals surface area contributed by atoms with Gasteiger partial charge in [0.15, 0.2) is 11.7 Å². The number of ether oxygens (including phenoxy) is 1. The van der Waals surface area contributed by atoms with Gasteiger partial charge >= 0.3 is 11.7 Å². The van der Waals surface area contributed by atoms with Gasteiger partial charge in [0.1, 0.15) is 5.82 Å². The minimum absolute atomic E-state index is 0.00168. The summed E-state index contributed by atoms with van der Waals surface area (Å²) < 4.78 is 25.0. The summed E-state index contributed by atoms with van der Waals surface area (Å²) in [7, 11) is 0. The summed E-state index contributed by atoms with van der Waals surface area (Å²) in [6.07, 6.45) is -1.24. The summed E-state index contributed by atoms with van der Waals surface area (Å²) in [4.78, 5) is 35.9. The zero-order chi connectivity index (χ0) is 19.4. The second-order valence-electron chi connectivity index (χ2n) is 5.84. The van der Waals surface area contributed by atoms with Crippen molar-refractivity contribution in [3.8, 4) is 0 Å². The van der Waals surface area contributed by atoms with E-state index in [4.69, 9.17) is 9.15 Å². The zero-order valence-corrected chi connectivity index (χ0v) is 14.5. The number of amides is 1. The third kappa shape index (κ3) is 4.22. The van der Waals surface area contributed by atoms with E-state index in [1.54, 1.807) is 30.3 Å². The summed E-state index contributed by atoms with van der Waals surface area (Å²) in [5, 5.41) is 2.36. The molecule has 7 nitrogen and oxygen atoms in total. The largest absolute Gasteiger partial charge is 0.452 e. The van der Waals surface area contributed by atoms with Gasteiger partial charge in [-0.2, -0.15) is 0 Å². The van der Waals surface area contributed by atoms with Crippen molar-refractivity contribution in [1.82, 2.24) is 4.57 Å². The normalized spacial score (nSPS) is 11.9. The number of rotatable bonds is 6. The molecule has 1 heterocycles. The molecule has 1 aromatic heterocycles. The SMILES string of the molecule is C[C@@H](OC(=O)CCn1c(=O)oc2ccccc21)C(=O)Nc1ccccc1F. The van der Waals surface area contributed by atoms with Crippen LogP contribution >= 0.6 is 0 Å². The number of nitrogens with one attached hydrogen (secondary N) is 1. The van der Waals surface area contributed by atoms with E-state index in [9.17, 15) is 18.8 Å². The molecule has 0 unspecified atom stereocenters. The first kappa shape index (κ1) is 18.4. The van der Waals surface area contributed by atoms with Crippen molar-refractivity contribution >= 4 is 28.7 Å². The molecule has 0 saturated heterocycles. The Bertz CT molecular complexity index is 1040. The lowest BCUT2D eigenvalue weighted by Gasteiger charge is -2.14.